The number of benzene rings is 1. The van der Waals surface area contributed by atoms with Gasteiger partial charge in [0.2, 0.25) is 0 Å². The Balaban J connectivity index is 0.000000280. The van der Waals surface area contributed by atoms with Gasteiger partial charge in [-0.05, 0) is 23.7 Å². The largest absolute Gasteiger partial charge is 0.424 e. The van der Waals surface area contributed by atoms with Crippen LogP contribution in [0.4, 0.5) is 0 Å². The molecule has 0 saturated carbocycles. The number of hydrogen-bond acceptors (Lipinski definition) is 3. The maximum atomic E-state index is 7.84. The lowest BCUT2D eigenvalue weighted by Gasteiger charge is -2.08. The van der Waals surface area contributed by atoms with Gasteiger partial charge in [-0.15, -0.1) is 11.8 Å². The maximum absolute atomic E-state index is 7.84. The van der Waals surface area contributed by atoms with Gasteiger partial charge in [-0.25, -0.2) is 0 Å². The minimum Gasteiger partial charge on any atom is -0.424 e. The average molecular weight is 238 g/mol. The predicted octanol–water partition coefficient (Wildman–Crippen LogP) is 2.30. The van der Waals surface area contributed by atoms with Crippen LogP contribution in [0.5, 0.6) is 0 Å². The molecule has 88 valence electrons. The number of aliphatic hydroxyl groups is 1. The zero-order valence-electron chi connectivity index (χ0n) is 10.1. The van der Waals surface area contributed by atoms with Gasteiger partial charge in [0.15, 0.2) is 0 Å². The summed E-state index contributed by atoms with van der Waals surface area (Å²) in [5, 5.41) is 7.84. The van der Waals surface area contributed by atoms with E-state index in [9.17, 15) is 0 Å². The van der Waals surface area contributed by atoms with Crippen LogP contribution in [0.2, 0.25) is 6.82 Å². The highest BCUT2D eigenvalue weighted by molar-refractivity contribution is 7.98. The molecule has 1 aromatic rings. The molecule has 1 N–H and O–H groups in total. The van der Waals surface area contributed by atoms with Crippen LogP contribution in [-0.2, 0) is 4.65 Å². The quantitative estimate of drug-likeness (QED) is 0.633. The Labute approximate surface area is 103 Å². The first-order chi connectivity index (χ1) is 7.74. The standard InChI is InChI=1S/C10H13BO.C2H6OS/c1-3-10-8-6-4-5-7-9(8)11(2)12-10;1-4-2-3/h4-7,10H,3H2,1-2H3;3H,2H2,1H3. The van der Waals surface area contributed by atoms with Crippen LogP contribution in [0.3, 0.4) is 0 Å². The Bertz CT molecular complexity index is 318. The number of rotatable bonds is 2. The predicted molar refractivity (Wildman–Crippen MR) is 72.4 cm³/mol. The van der Waals surface area contributed by atoms with Crippen LogP contribution in [0.1, 0.15) is 25.0 Å². The van der Waals surface area contributed by atoms with Crippen molar-refractivity contribution in [1.82, 2.24) is 0 Å². The second-order valence-corrected chi connectivity index (χ2v) is 4.56. The van der Waals surface area contributed by atoms with Crippen molar-refractivity contribution in [3.05, 3.63) is 29.8 Å². The van der Waals surface area contributed by atoms with Crippen LogP contribution in [0.15, 0.2) is 24.3 Å². The van der Waals surface area contributed by atoms with E-state index in [0.717, 1.165) is 6.42 Å². The van der Waals surface area contributed by atoms with Crippen LogP contribution in [0.25, 0.3) is 0 Å². The summed E-state index contributed by atoms with van der Waals surface area (Å²) in [6, 6.07) is 8.50. The first-order valence-electron chi connectivity index (χ1n) is 5.58. The van der Waals surface area contributed by atoms with E-state index in [0.29, 0.717) is 6.10 Å². The first kappa shape index (κ1) is 13.6. The number of aliphatic hydroxyl groups excluding tert-OH is 1. The first-order valence-corrected chi connectivity index (χ1v) is 6.98. The lowest BCUT2D eigenvalue weighted by molar-refractivity contribution is 0.221. The van der Waals surface area contributed by atoms with Crippen LogP contribution < -0.4 is 5.46 Å². The summed E-state index contributed by atoms with van der Waals surface area (Å²) in [5.74, 6) is 0.236. The second-order valence-electron chi connectivity index (χ2n) is 3.72. The van der Waals surface area contributed by atoms with E-state index in [1.54, 1.807) is 0 Å². The van der Waals surface area contributed by atoms with Crippen LogP contribution >= 0.6 is 11.8 Å². The van der Waals surface area contributed by atoms with E-state index in [1.807, 2.05) is 6.26 Å². The zero-order valence-corrected chi connectivity index (χ0v) is 11.0. The SMILES string of the molecule is CCC1OB(C)c2ccccc21.CSCO. The molecular formula is C12H19BO2S. The third-order valence-corrected chi connectivity index (χ3v) is 2.91. The molecule has 4 heteroatoms. The fourth-order valence-electron chi connectivity index (χ4n) is 1.88. The van der Waals surface area contributed by atoms with Gasteiger partial charge in [0.25, 0.3) is 0 Å². The zero-order chi connectivity index (χ0) is 12.0. The van der Waals surface area contributed by atoms with Crippen molar-refractivity contribution in [3.8, 4) is 0 Å². The highest BCUT2D eigenvalue weighted by atomic mass is 32.2. The molecule has 0 bridgehead atoms. The smallest absolute Gasteiger partial charge is 0.324 e. The second kappa shape index (κ2) is 6.99. The summed E-state index contributed by atoms with van der Waals surface area (Å²) < 4.78 is 5.78. The molecule has 1 atom stereocenters. The minimum atomic E-state index is 0.236. The highest BCUT2D eigenvalue weighted by Gasteiger charge is 2.29. The molecule has 0 aliphatic carbocycles. The average Bonchev–Trinajstić information content (AvgIpc) is 2.67. The Morgan fingerprint density at radius 3 is 2.62 bits per heavy atom. The lowest BCUT2D eigenvalue weighted by Crippen LogP contribution is -2.23. The fraction of sp³-hybridized carbons (Fsp3) is 0.500. The van der Waals surface area contributed by atoms with Crippen molar-refractivity contribution in [3.63, 3.8) is 0 Å². The van der Waals surface area contributed by atoms with Gasteiger partial charge in [-0.2, -0.15) is 0 Å². The summed E-state index contributed by atoms with van der Waals surface area (Å²) in [7, 11) is 0. The topological polar surface area (TPSA) is 29.5 Å². The van der Waals surface area contributed by atoms with Crippen molar-refractivity contribution in [2.45, 2.75) is 26.3 Å². The van der Waals surface area contributed by atoms with E-state index in [-0.39, 0.29) is 12.9 Å². The van der Waals surface area contributed by atoms with Crippen molar-refractivity contribution in [2.24, 2.45) is 0 Å². The summed E-state index contributed by atoms with van der Waals surface area (Å²) in [5.41, 5.74) is 2.75. The molecule has 0 fully saturated rings. The molecule has 1 heterocycles. The molecule has 2 rings (SSSR count). The van der Waals surface area contributed by atoms with E-state index >= 15 is 0 Å². The summed E-state index contributed by atoms with van der Waals surface area (Å²) in [6.45, 7) is 4.57. The van der Waals surface area contributed by atoms with Crippen molar-refractivity contribution >= 4 is 24.1 Å². The van der Waals surface area contributed by atoms with E-state index < -0.39 is 0 Å². The van der Waals surface area contributed by atoms with Gasteiger partial charge < -0.3 is 9.76 Å². The molecule has 2 nitrogen and oxygen atoms in total. The van der Waals surface area contributed by atoms with Crippen molar-refractivity contribution in [2.75, 3.05) is 12.2 Å². The monoisotopic (exact) mass is 238 g/mol. The maximum Gasteiger partial charge on any atom is 0.324 e. The molecule has 0 amide bonds. The number of thioether (sulfide) groups is 1. The molecule has 1 aliphatic heterocycles. The summed E-state index contributed by atoms with van der Waals surface area (Å²) in [4.78, 5) is 0. The fourth-order valence-corrected chi connectivity index (χ4v) is 1.88. The van der Waals surface area contributed by atoms with E-state index in [1.165, 1.54) is 22.8 Å². The molecule has 1 unspecified atom stereocenters. The van der Waals surface area contributed by atoms with Gasteiger partial charge in [-0.1, -0.05) is 38.0 Å². The highest BCUT2D eigenvalue weighted by Crippen LogP contribution is 2.26. The van der Waals surface area contributed by atoms with Crippen molar-refractivity contribution in [1.29, 1.82) is 0 Å². The normalized spacial score (nSPS) is 17.8. The number of hydrogen-bond donors (Lipinski definition) is 1. The molecule has 1 aromatic carbocycles. The Kier molecular flexibility index (Phi) is 5.95. The molecule has 0 aromatic heterocycles. The summed E-state index contributed by atoms with van der Waals surface area (Å²) >= 11 is 1.41. The third-order valence-electron chi connectivity index (χ3n) is 2.65. The van der Waals surface area contributed by atoms with Gasteiger partial charge in [0.1, 0.15) is 0 Å². The Hall–Kier alpha value is -0.445. The van der Waals surface area contributed by atoms with Crippen LogP contribution in [-0.4, -0.2) is 24.2 Å². The number of fused-ring (bicyclic) bond motifs is 1. The summed E-state index contributed by atoms with van der Waals surface area (Å²) in [6.07, 6.45) is 3.25. The lowest BCUT2D eigenvalue weighted by atomic mass is 9.64. The molecular weight excluding hydrogens is 219 g/mol. The van der Waals surface area contributed by atoms with Gasteiger partial charge in [0.05, 0.1) is 12.0 Å². The minimum absolute atomic E-state index is 0.236. The van der Waals surface area contributed by atoms with Crippen LogP contribution in [0, 0.1) is 0 Å². The molecule has 1 aliphatic rings. The third kappa shape index (κ3) is 3.27. The Morgan fingerprint density at radius 2 is 2.06 bits per heavy atom. The molecule has 0 spiro atoms. The van der Waals surface area contributed by atoms with Crippen molar-refractivity contribution < 1.29 is 9.76 Å². The molecule has 0 radical (unpaired) electrons. The van der Waals surface area contributed by atoms with Gasteiger partial charge in [0, 0.05) is 0 Å². The van der Waals surface area contributed by atoms with Gasteiger partial charge >= 0.3 is 6.92 Å². The molecule has 16 heavy (non-hydrogen) atoms. The van der Waals surface area contributed by atoms with Gasteiger partial charge in [-0.3, -0.25) is 0 Å². The molecule has 0 saturated heterocycles. The van der Waals surface area contributed by atoms with E-state index in [2.05, 4.69) is 38.0 Å². The Morgan fingerprint density at radius 1 is 1.44 bits per heavy atom. The van der Waals surface area contributed by atoms with E-state index in [4.69, 9.17) is 9.76 Å².